The van der Waals surface area contributed by atoms with Crippen molar-refractivity contribution in [1.29, 1.82) is 0 Å². The zero-order chi connectivity index (χ0) is 17.0. The number of amides is 1. The lowest BCUT2D eigenvalue weighted by Crippen LogP contribution is -2.37. The number of nitrogens with zero attached hydrogens (tertiary/aromatic N) is 2. The van der Waals surface area contributed by atoms with Crippen LogP contribution in [0.3, 0.4) is 0 Å². The van der Waals surface area contributed by atoms with Crippen LogP contribution in [0.1, 0.15) is 38.2 Å². The molecule has 4 N–H and O–H groups in total. The molecule has 1 heterocycles. The Morgan fingerprint density at radius 2 is 2.09 bits per heavy atom. The van der Waals surface area contributed by atoms with Gasteiger partial charge in [0, 0.05) is 6.42 Å². The second kappa shape index (κ2) is 6.82. The molecule has 0 fully saturated rings. The molecule has 0 aliphatic carbocycles. The molecular formula is C15H21N5O2S. The number of carbonyl (C=O) groups excluding carboxylic acids is 1. The van der Waals surface area contributed by atoms with E-state index in [0.29, 0.717) is 12.2 Å². The maximum absolute atomic E-state index is 12.1. The molecule has 124 valence electrons. The van der Waals surface area contributed by atoms with E-state index in [4.69, 9.17) is 22.8 Å². The summed E-state index contributed by atoms with van der Waals surface area (Å²) in [6.07, 6.45) is -0.0240. The van der Waals surface area contributed by atoms with Gasteiger partial charge in [0.05, 0.1) is 6.04 Å². The predicted molar refractivity (Wildman–Crippen MR) is 89.8 cm³/mol. The number of carbonyl (C=O) groups is 1. The molecule has 0 bridgehead atoms. The first-order valence-corrected chi connectivity index (χ1v) is 7.63. The fourth-order valence-corrected chi connectivity index (χ4v) is 2.21. The third-order valence-corrected chi connectivity index (χ3v) is 3.30. The fourth-order valence-electron chi connectivity index (χ4n) is 2.07. The van der Waals surface area contributed by atoms with Crippen LogP contribution in [0.25, 0.3) is 0 Å². The topological polar surface area (TPSA) is 98.0 Å². The SMILES string of the molecule is CC(C)(C)OC(=O)N[C@@H](Cc1ccccc1)c1n[nH]c(=S)n1N. The lowest BCUT2D eigenvalue weighted by atomic mass is 10.1. The van der Waals surface area contributed by atoms with Crippen molar-refractivity contribution in [2.45, 2.75) is 38.8 Å². The molecular weight excluding hydrogens is 314 g/mol. The van der Waals surface area contributed by atoms with Gasteiger partial charge >= 0.3 is 6.09 Å². The summed E-state index contributed by atoms with van der Waals surface area (Å²) < 4.78 is 6.84. The number of hydrogen-bond acceptors (Lipinski definition) is 5. The minimum Gasteiger partial charge on any atom is -0.444 e. The number of benzene rings is 1. The molecule has 0 spiro atoms. The summed E-state index contributed by atoms with van der Waals surface area (Å²) in [5.41, 5.74) is 0.442. The Morgan fingerprint density at radius 3 is 2.61 bits per heavy atom. The first-order valence-electron chi connectivity index (χ1n) is 7.22. The lowest BCUT2D eigenvalue weighted by molar-refractivity contribution is 0.0500. The highest BCUT2D eigenvalue weighted by Gasteiger charge is 2.24. The summed E-state index contributed by atoms with van der Waals surface area (Å²) >= 11 is 5.04. The second-order valence-electron chi connectivity index (χ2n) is 6.15. The van der Waals surface area contributed by atoms with Crippen LogP contribution in [0.15, 0.2) is 30.3 Å². The Labute approximate surface area is 139 Å². The highest BCUT2D eigenvalue weighted by atomic mass is 32.1. The van der Waals surface area contributed by atoms with Gasteiger partial charge in [-0.3, -0.25) is 5.10 Å². The van der Waals surface area contributed by atoms with Crippen molar-refractivity contribution in [1.82, 2.24) is 20.2 Å². The van der Waals surface area contributed by atoms with Crippen LogP contribution in [0.5, 0.6) is 0 Å². The van der Waals surface area contributed by atoms with Crippen LogP contribution < -0.4 is 11.2 Å². The van der Waals surface area contributed by atoms with Gasteiger partial charge < -0.3 is 15.9 Å². The maximum atomic E-state index is 12.1. The highest BCUT2D eigenvalue weighted by Crippen LogP contribution is 2.17. The Balaban J connectivity index is 2.23. The van der Waals surface area contributed by atoms with Crippen molar-refractivity contribution in [2.75, 3.05) is 5.84 Å². The standard InChI is InChI=1S/C15H21N5O2S/c1-15(2,3)22-14(21)17-11(9-10-7-5-4-6-8-10)12-18-19-13(23)20(12)16/h4-8,11H,9,16H2,1-3H3,(H,17,21)(H,19,23)/t11-/m0/s1. The zero-order valence-electron chi connectivity index (χ0n) is 13.4. The molecule has 7 nitrogen and oxygen atoms in total. The Kier molecular flexibility index (Phi) is 5.05. The summed E-state index contributed by atoms with van der Waals surface area (Å²) in [5, 5.41) is 9.54. The van der Waals surface area contributed by atoms with Crippen molar-refractivity contribution in [3.63, 3.8) is 0 Å². The first-order chi connectivity index (χ1) is 10.8. The van der Waals surface area contributed by atoms with E-state index in [1.165, 1.54) is 4.68 Å². The van der Waals surface area contributed by atoms with Crippen LogP contribution in [0.4, 0.5) is 4.79 Å². The molecule has 0 aliphatic rings. The number of H-pyrrole nitrogens is 1. The van der Waals surface area contributed by atoms with E-state index in [9.17, 15) is 4.79 Å². The fraction of sp³-hybridized carbons (Fsp3) is 0.400. The van der Waals surface area contributed by atoms with E-state index in [0.717, 1.165) is 5.56 Å². The second-order valence-corrected chi connectivity index (χ2v) is 6.53. The average Bonchev–Trinajstić information content (AvgIpc) is 2.77. The molecule has 0 saturated heterocycles. The van der Waals surface area contributed by atoms with Gasteiger partial charge in [0.2, 0.25) is 4.77 Å². The van der Waals surface area contributed by atoms with Gasteiger partial charge in [0.25, 0.3) is 0 Å². The third kappa shape index (κ3) is 4.82. The van der Waals surface area contributed by atoms with E-state index < -0.39 is 17.7 Å². The van der Waals surface area contributed by atoms with E-state index >= 15 is 0 Å². The number of aromatic amines is 1. The number of nitrogens with two attached hydrogens (primary N) is 1. The molecule has 1 atom stereocenters. The van der Waals surface area contributed by atoms with Gasteiger partial charge in [-0.1, -0.05) is 30.3 Å². The Hall–Kier alpha value is -2.35. The quantitative estimate of drug-likeness (QED) is 0.589. The van der Waals surface area contributed by atoms with Gasteiger partial charge in [0.1, 0.15) is 5.60 Å². The van der Waals surface area contributed by atoms with E-state index in [1.54, 1.807) is 20.8 Å². The smallest absolute Gasteiger partial charge is 0.408 e. The van der Waals surface area contributed by atoms with Crippen molar-refractivity contribution in [2.24, 2.45) is 0 Å². The Bertz CT molecular complexity index is 717. The van der Waals surface area contributed by atoms with Gasteiger partial charge in [0.15, 0.2) is 5.82 Å². The number of nitrogens with one attached hydrogen (secondary N) is 2. The molecule has 2 aromatic rings. The summed E-state index contributed by atoms with van der Waals surface area (Å²) in [4.78, 5) is 12.1. The number of ether oxygens (including phenoxy) is 1. The first kappa shape index (κ1) is 17.0. The number of rotatable bonds is 4. The summed E-state index contributed by atoms with van der Waals surface area (Å²) in [6.45, 7) is 5.41. The lowest BCUT2D eigenvalue weighted by Gasteiger charge is -2.23. The van der Waals surface area contributed by atoms with Crippen molar-refractivity contribution in [3.05, 3.63) is 46.5 Å². The van der Waals surface area contributed by atoms with Crippen LogP contribution in [-0.2, 0) is 11.2 Å². The van der Waals surface area contributed by atoms with Crippen LogP contribution in [0.2, 0.25) is 0 Å². The number of nitrogen functional groups attached to an aromatic ring is 1. The predicted octanol–water partition coefficient (Wildman–Crippen LogP) is 2.46. The molecule has 0 aliphatic heterocycles. The van der Waals surface area contributed by atoms with Gasteiger partial charge in [-0.15, -0.1) is 0 Å². The zero-order valence-corrected chi connectivity index (χ0v) is 14.2. The maximum Gasteiger partial charge on any atom is 0.408 e. The van der Waals surface area contributed by atoms with Crippen molar-refractivity contribution in [3.8, 4) is 0 Å². The highest BCUT2D eigenvalue weighted by molar-refractivity contribution is 7.71. The van der Waals surface area contributed by atoms with Crippen molar-refractivity contribution >= 4 is 18.3 Å². The van der Waals surface area contributed by atoms with E-state index in [2.05, 4.69) is 15.5 Å². The van der Waals surface area contributed by atoms with Gasteiger partial charge in [-0.05, 0) is 38.6 Å². The normalized spacial score (nSPS) is 12.7. The number of aromatic nitrogens is 3. The minimum absolute atomic E-state index is 0.282. The van der Waals surface area contributed by atoms with Crippen LogP contribution >= 0.6 is 12.2 Å². The molecule has 1 amide bonds. The number of alkyl carbamates (subject to hydrolysis) is 1. The molecule has 1 aromatic heterocycles. The molecule has 23 heavy (non-hydrogen) atoms. The molecule has 0 saturated carbocycles. The summed E-state index contributed by atoms with van der Waals surface area (Å²) in [5.74, 6) is 6.32. The minimum atomic E-state index is -0.588. The molecule has 1 aromatic carbocycles. The Morgan fingerprint density at radius 1 is 1.43 bits per heavy atom. The monoisotopic (exact) mass is 335 g/mol. The third-order valence-electron chi connectivity index (χ3n) is 3.02. The molecule has 0 radical (unpaired) electrons. The van der Waals surface area contributed by atoms with E-state index in [1.807, 2.05) is 30.3 Å². The van der Waals surface area contributed by atoms with E-state index in [-0.39, 0.29) is 4.77 Å². The molecule has 2 rings (SSSR count). The summed E-state index contributed by atoms with van der Waals surface area (Å²) in [7, 11) is 0. The summed E-state index contributed by atoms with van der Waals surface area (Å²) in [6, 6.07) is 9.25. The van der Waals surface area contributed by atoms with Crippen LogP contribution in [0, 0.1) is 4.77 Å². The average molecular weight is 335 g/mol. The number of hydrogen-bond donors (Lipinski definition) is 3. The van der Waals surface area contributed by atoms with Gasteiger partial charge in [-0.25, -0.2) is 9.47 Å². The van der Waals surface area contributed by atoms with Gasteiger partial charge in [-0.2, -0.15) is 5.10 Å². The molecule has 8 heteroatoms. The van der Waals surface area contributed by atoms with Crippen molar-refractivity contribution < 1.29 is 9.53 Å². The van der Waals surface area contributed by atoms with Crippen LogP contribution in [-0.4, -0.2) is 26.6 Å². The molecule has 0 unspecified atom stereocenters. The largest absolute Gasteiger partial charge is 0.444 e.